The number of aryl methyl sites for hydroxylation is 1. The van der Waals surface area contributed by atoms with E-state index in [-0.39, 0.29) is 0 Å². The molecule has 0 aliphatic carbocycles. The zero-order valence-corrected chi connectivity index (χ0v) is 13.1. The molecule has 0 unspecified atom stereocenters. The predicted molar refractivity (Wildman–Crippen MR) is 89.2 cm³/mol. The number of pyridine rings is 1. The highest BCUT2D eigenvalue weighted by molar-refractivity contribution is 5.65. The summed E-state index contributed by atoms with van der Waals surface area (Å²) in [6.45, 7) is 2.42. The lowest BCUT2D eigenvalue weighted by atomic mass is 10.1. The second-order valence-electron chi connectivity index (χ2n) is 5.59. The fraction of sp³-hybridized carbons (Fsp3) is 0.111. The van der Waals surface area contributed by atoms with Gasteiger partial charge in [-0.05, 0) is 29.8 Å². The van der Waals surface area contributed by atoms with E-state index in [0.717, 1.165) is 22.2 Å². The molecule has 3 heterocycles. The maximum Gasteiger partial charge on any atom is 0.205 e. The minimum absolute atomic E-state index is 0.406. The van der Waals surface area contributed by atoms with Crippen LogP contribution in [0.15, 0.2) is 54.9 Å². The van der Waals surface area contributed by atoms with E-state index >= 15 is 0 Å². The molecule has 4 aromatic rings. The summed E-state index contributed by atoms with van der Waals surface area (Å²) in [6.07, 6.45) is 3.86. The average molecular weight is 314 g/mol. The molecule has 116 valence electrons. The van der Waals surface area contributed by atoms with Gasteiger partial charge in [0.2, 0.25) is 5.82 Å². The Kier molecular flexibility index (Phi) is 3.32. The van der Waals surface area contributed by atoms with Crippen molar-refractivity contribution in [2.24, 2.45) is 0 Å². The fourth-order valence-corrected chi connectivity index (χ4v) is 2.82. The molecule has 3 aromatic heterocycles. The van der Waals surface area contributed by atoms with Gasteiger partial charge in [0, 0.05) is 23.5 Å². The monoisotopic (exact) mass is 314 g/mol. The Morgan fingerprint density at radius 1 is 1.12 bits per heavy atom. The van der Waals surface area contributed by atoms with Gasteiger partial charge in [0.1, 0.15) is 6.07 Å². The van der Waals surface area contributed by atoms with E-state index in [2.05, 4.69) is 21.5 Å². The van der Waals surface area contributed by atoms with Gasteiger partial charge < -0.3 is 4.40 Å². The number of hydrogen-bond acceptors (Lipinski definition) is 4. The summed E-state index contributed by atoms with van der Waals surface area (Å²) in [5.74, 6) is 0.593. The first-order valence-electron chi connectivity index (χ1n) is 7.59. The maximum absolute atomic E-state index is 9.47. The van der Waals surface area contributed by atoms with E-state index in [1.807, 2.05) is 66.2 Å². The minimum atomic E-state index is 0.406. The van der Waals surface area contributed by atoms with Crippen molar-refractivity contribution in [2.75, 3.05) is 0 Å². The maximum atomic E-state index is 9.47. The summed E-state index contributed by atoms with van der Waals surface area (Å²) in [5.41, 5.74) is 4.47. The number of rotatable bonds is 3. The molecule has 24 heavy (non-hydrogen) atoms. The highest BCUT2D eigenvalue weighted by Gasteiger charge is 2.13. The second kappa shape index (κ2) is 5.63. The highest BCUT2D eigenvalue weighted by Crippen LogP contribution is 2.20. The van der Waals surface area contributed by atoms with Crippen molar-refractivity contribution < 1.29 is 0 Å². The van der Waals surface area contributed by atoms with Crippen LogP contribution < -0.4 is 0 Å². The molecular formula is C18H14N6. The molecule has 0 amide bonds. The largest absolute Gasteiger partial charge is 0.322 e. The molecule has 0 atom stereocenters. The summed E-state index contributed by atoms with van der Waals surface area (Å²) in [7, 11) is 0. The molecule has 6 nitrogen and oxygen atoms in total. The molecule has 0 aliphatic rings. The highest BCUT2D eigenvalue weighted by atomic mass is 15.6. The van der Waals surface area contributed by atoms with E-state index in [1.165, 1.54) is 4.80 Å². The topological polar surface area (TPSA) is 71.8 Å². The molecule has 6 heteroatoms. The molecule has 0 fully saturated rings. The van der Waals surface area contributed by atoms with Gasteiger partial charge in [-0.15, -0.1) is 10.2 Å². The van der Waals surface area contributed by atoms with Crippen LogP contribution in [0.4, 0.5) is 0 Å². The van der Waals surface area contributed by atoms with Crippen molar-refractivity contribution in [1.29, 1.82) is 5.26 Å². The second-order valence-corrected chi connectivity index (χ2v) is 5.59. The summed E-state index contributed by atoms with van der Waals surface area (Å²) in [5, 5.41) is 22.2. The molecule has 4 rings (SSSR count). The lowest BCUT2D eigenvalue weighted by molar-refractivity contribution is 0.572. The number of fused-ring (bicyclic) bond motifs is 1. The van der Waals surface area contributed by atoms with E-state index in [9.17, 15) is 5.26 Å². The number of tetrazole rings is 1. The van der Waals surface area contributed by atoms with Gasteiger partial charge in [0.05, 0.1) is 17.6 Å². The lowest BCUT2D eigenvalue weighted by Crippen LogP contribution is -2.04. The third-order valence-electron chi connectivity index (χ3n) is 4.02. The molecular weight excluding hydrogens is 300 g/mol. The van der Waals surface area contributed by atoms with Crippen LogP contribution in [0.5, 0.6) is 0 Å². The average Bonchev–Trinajstić information content (AvgIpc) is 3.19. The van der Waals surface area contributed by atoms with Crippen molar-refractivity contribution in [3.05, 3.63) is 71.5 Å². The SMILES string of the molecule is Cc1ccccc1-c1nnn(Cc2cn3ccccc3c2C#N)n1. The van der Waals surface area contributed by atoms with Crippen molar-refractivity contribution >= 4 is 5.52 Å². The first-order valence-corrected chi connectivity index (χ1v) is 7.59. The Labute approximate surface area is 138 Å². The third-order valence-corrected chi connectivity index (χ3v) is 4.02. The third kappa shape index (κ3) is 2.32. The molecule has 0 spiro atoms. The first kappa shape index (κ1) is 14.2. The molecule has 0 saturated heterocycles. The number of aromatic nitrogens is 5. The van der Waals surface area contributed by atoms with Crippen LogP contribution >= 0.6 is 0 Å². The van der Waals surface area contributed by atoms with Gasteiger partial charge in [0.15, 0.2) is 0 Å². The van der Waals surface area contributed by atoms with Crippen LogP contribution in [0.3, 0.4) is 0 Å². The summed E-state index contributed by atoms with van der Waals surface area (Å²) in [4.78, 5) is 1.53. The van der Waals surface area contributed by atoms with Crippen LogP contribution in [0.25, 0.3) is 16.9 Å². The van der Waals surface area contributed by atoms with E-state index in [4.69, 9.17) is 0 Å². The zero-order chi connectivity index (χ0) is 16.5. The Bertz CT molecular complexity index is 1070. The fourth-order valence-electron chi connectivity index (χ4n) is 2.82. The van der Waals surface area contributed by atoms with Gasteiger partial charge in [0.25, 0.3) is 0 Å². The van der Waals surface area contributed by atoms with E-state index in [0.29, 0.717) is 17.9 Å². The number of benzene rings is 1. The van der Waals surface area contributed by atoms with Crippen LogP contribution in [0.1, 0.15) is 16.7 Å². The predicted octanol–water partition coefficient (Wildman–Crippen LogP) is 2.82. The number of hydrogen-bond donors (Lipinski definition) is 0. The van der Waals surface area contributed by atoms with Gasteiger partial charge in [-0.3, -0.25) is 0 Å². The molecule has 0 aliphatic heterocycles. The van der Waals surface area contributed by atoms with Crippen LogP contribution in [-0.2, 0) is 6.54 Å². The Balaban J connectivity index is 1.70. The molecule has 0 saturated carbocycles. The summed E-state index contributed by atoms with van der Waals surface area (Å²) in [6, 6.07) is 16.0. The summed E-state index contributed by atoms with van der Waals surface area (Å²) < 4.78 is 1.94. The zero-order valence-electron chi connectivity index (χ0n) is 13.1. The van der Waals surface area contributed by atoms with Gasteiger partial charge in [-0.2, -0.15) is 10.1 Å². The van der Waals surface area contributed by atoms with Crippen molar-refractivity contribution in [1.82, 2.24) is 24.6 Å². The van der Waals surface area contributed by atoms with Crippen molar-refractivity contribution in [3.8, 4) is 17.5 Å². The van der Waals surface area contributed by atoms with E-state index < -0.39 is 0 Å². The van der Waals surface area contributed by atoms with Crippen molar-refractivity contribution in [3.63, 3.8) is 0 Å². The van der Waals surface area contributed by atoms with Crippen LogP contribution in [-0.4, -0.2) is 24.6 Å². The number of nitriles is 1. The standard InChI is InChI=1S/C18H14N6/c1-13-6-2-3-7-15(13)18-20-22-24(21-18)12-14-11-23-9-5-4-8-17(23)16(14)10-19/h2-9,11H,12H2,1H3. The van der Waals surface area contributed by atoms with Crippen LogP contribution in [0.2, 0.25) is 0 Å². The van der Waals surface area contributed by atoms with Crippen molar-refractivity contribution in [2.45, 2.75) is 13.5 Å². The minimum Gasteiger partial charge on any atom is -0.322 e. The van der Waals surface area contributed by atoms with Gasteiger partial charge in [-0.25, -0.2) is 0 Å². The Hall–Kier alpha value is -3.46. The molecule has 0 N–H and O–H groups in total. The Morgan fingerprint density at radius 2 is 1.96 bits per heavy atom. The normalized spacial score (nSPS) is 10.8. The molecule has 1 aromatic carbocycles. The Morgan fingerprint density at radius 3 is 2.79 bits per heavy atom. The first-order chi connectivity index (χ1) is 11.8. The lowest BCUT2D eigenvalue weighted by Gasteiger charge is -1.99. The van der Waals surface area contributed by atoms with Gasteiger partial charge in [-0.1, -0.05) is 30.3 Å². The molecule has 0 radical (unpaired) electrons. The van der Waals surface area contributed by atoms with Crippen LogP contribution in [0, 0.1) is 18.3 Å². The smallest absolute Gasteiger partial charge is 0.205 e. The van der Waals surface area contributed by atoms with Gasteiger partial charge >= 0.3 is 0 Å². The molecule has 0 bridgehead atoms. The summed E-state index contributed by atoms with van der Waals surface area (Å²) >= 11 is 0. The quantitative estimate of drug-likeness (QED) is 0.583. The van der Waals surface area contributed by atoms with E-state index in [1.54, 1.807) is 0 Å². The number of nitrogens with zero attached hydrogens (tertiary/aromatic N) is 6.